The van der Waals surface area contributed by atoms with Gasteiger partial charge in [-0.25, -0.2) is 0 Å². The second-order valence-electron chi connectivity index (χ2n) is 8.32. The van der Waals surface area contributed by atoms with Gasteiger partial charge in [0.1, 0.15) is 0 Å². The van der Waals surface area contributed by atoms with Crippen LogP contribution in [0, 0.1) is 11.3 Å². The molecule has 0 saturated carbocycles. The Morgan fingerprint density at radius 2 is 1.88 bits per heavy atom. The first kappa shape index (κ1) is 23.0. The molecule has 2 aliphatic rings. The molecule has 2 fully saturated rings. The van der Waals surface area contributed by atoms with E-state index in [2.05, 4.69) is 48.2 Å². The minimum Gasteiger partial charge on any atom is -0.377 e. The summed E-state index contributed by atoms with van der Waals surface area (Å²) in [5.74, 6) is 1.48. The van der Waals surface area contributed by atoms with E-state index >= 15 is 0 Å². The maximum absolute atomic E-state index is 6.08. The molecular formula is C19H39IN4O. The number of nitrogens with zero attached hydrogens (tertiary/aromatic N) is 2. The molecule has 0 aromatic carbocycles. The van der Waals surface area contributed by atoms with E-state index in [-0.39, 0.29) is 29.4 Å². The SMILES string of the molecule is CCN1CCCC1CNC(=NC)NCC1CCCOC1C(C)(C)C.I. The third kappa shape index (κ3) is 6.86. The molecule has 2 N–H and O–H groups in total. The fraction of sp³-hybridized carbons (Fsp3) is 0.947. The highest BCUT2D eigenvalue weighted by Gasteiger charge is 2.35. The van der Waals surface area contributed by atoms with E-state index in [1.54, 1.807) is 0 Å². The molecule has 0 amide bonds. The summed E-state index contributed by atoms with van der Waals surface area (Å²) in [6.07, 6.45) is 5.33. The fourth-order valence-corrected chi connectivity index (χ4v) is 4.21. The standard InChI is InChI=1S/C19H38N4O.HI/c1-6-23-11-7-10-16(23)14-22-18(20-5)21-13-15-9-8-12-24-17(15)19(2,3)4;/h15-17H,6-14H2,1-5H3,(H2,20,21,22);1H. The van der Waals surface area contributed by atoms with Gasteiger partial charge in [0.25, 0.3) is 0 Å². The van der Waals surface area contributed by atoms with Crippen molar-refractivity contribution in [1.82, 2.24) is 15.5 Å². The summed E-state index contributed by atoms with van der Waals surface area (Å²) >= 11 is 0. The van der Waals surface area contributed by atoms with Crippen LogP contribution in [0.15, 0.2) is 4.99 Å². The van der Waals surface area contributed by atoms with Crippen LogP contribution in [0.1, 0.15) is 53.4 Å². The maximum Gasteiger partial charge on any atom is 0.191 e. The van der Waals surface area contributed by atoms with Gasteiger partial charge in [-0.2, -0.15) is 0 Å². The van der Waals surface area contributed by atoms with Gasteiger partial charge in [-0.05, 0) is 44.2 Å². The van der Waals surface area contributed by atoms with E-state index < -0.39 is 0 Å². The Hall–Kier alpha value is -0.0800. The smallest absolute Gasteiger partial charge is 0.191 e. The number of likely N-dealkylation sites (tertiary alicyclic amines) is 1. The molecule has 2 rings (SSSR count). The van der Waals surface area contributed by atoms with Crippen molar-refractivity contribution in [2.45, 2.75) is 65.5 Å². The highest BCUT2D eigenvalue weighted by Crippen LogP contribution is 2.33. The van der Waals surface area contributed by atoms with Crippen LogP contribution >= 0.6 is 24.0 Å². The molecular weight excluding hydrogens is 427 g/mol. The predicted octanol–water partition coefficient (Wildman–Crippen LogP) is 3.10. The first-order chi connectivity index (χ1) is 11.5. The Kier molecular flexibility index (Phi) is 10.0. The number of ether oxygens (including phenoxy) is 1. The number of likely N-dealkylation sites (N-methyl/N-ethyl adjacent to an activating group) is 1. The lowest BCUT2D eigenvalue weighted by Gasteiger charge is -2.40. The molecule has 148 valence electrons. The van der Waals surface area contributed by atoms with Crippen molar-refractivity contribution >= 4 is 29.9 Å². The highest BCUT2D eigenvalue weighted by molar-refractivity contribution is 14.0. The minimum atomic E-state index is 0. The Labute approximate surface area is 171 Å². The lowest BCUT2D eigenvalue weighted by atomic mass is 9.78. The molecule has 0 spiro atoms. The molecule has 5 nitrogen and oxygen atoms in total. The molecule has 2 aliphatic heterocycles. The van der Waals surface area contributed by atoms with Crippen molar-refractivity contribution < 1.29 is 4.74 Å². The molecule has 3 unspecified atom stereocenters. The third-order valence-corrected chi connectivity index (χ3v) is 5.46. The fourth-order valence-electron chi connectivity index (χ4n) is 4.21. The zero-order valence-corrected chi connectivity index (χ0v) is 19.1. The molecule has 0 radical (unpaired) electrons. The average Bonchev–Trinajstić information content (AvgIpc) is 3.02. The molecule has 25 heavy (non-hydrogen) atoms. The molecule has 0 bridgehead atoms. The van der Waals surface area contributed by atoms with E-state index in [1.807, 2.05) is 7.05 Å². The second-order valence-corrected chi connectivity index (χ2v) is 8.32. The zero-order valence-electron chi connectivity index (χ0n) is 16.8. The predicted molar refractivity (Wildman–Crippen MR) is 117 cm³/mol. The van der Waals surface area contributed by atoms with Crippen LogP contribution in [-0.2, 0) is 4.74 Å². The van der Waals surface area contributed by atoms with E-state index in [0.29, 0.717) is 18.1 Å². The molecule has 2 saturated heterocycles. The molecule has 6 heteroatoms. The average molecular weight is 466 g/mol. The number of rotatable bonds is 5. The minimum absolute atomic E-state index is 0. The van der Waals surface area contributed by atoms with Crippen molar-refractivity contribution in [3.05, 3.63) is 0 Å². The lowest BCUT2D eigenvalue weighted by Crippen LogP contribution is -2.49. The summed E-state index contributed by atoms with van der Waals surface area (Å²) in [7, 11) is 1.86. The number of halogens is 1. The molecule has 0 aromatic heterocycles. The summed E-state index contributed by atoms with van der Waals surface area (Å²) in [5, 5.41) is 7.06. The molecule has 0 aliphatic carbocycles. The summed E-state index contributed by atoms with van der Waals surface area (Å²) in [4.78, 5) is 6.97. The van der Waals surface area contributed by atoms with Crippen LogP contribution in [0.2, 0.25) is 0 Å². The van der Waals surface area contributed by atoms with Gasteiger partial charge in [0.2, 0.25) is 0 Å². The van der Waals surface area contributed by atoms with Gasteiger partial charge in [0, 0.05) is 38.7 Å². The van der Waals surface area contributed by atoms with Crippen molar-refractivity contribution in [3.63, 3.8) is 0 Å². The van der Waals surface area contributed by atoms with E-state index in [9.17, 15) is 0 Å². The van der Waals surface area contributed by atoms with Gasteiger partial charge < -0.3 is 15.4 Å². The summed E-state index contributed by atoms with van der Waals surface area (Å²) in [6.45, 7) is 14.3. The van der Waals surface area contributed by atoms with E-state index in [4.69, 9.17) is 4.74 Å². The first-order valence-corrected chi connectivity index (χ1v) is 9.76. The van der Waals surface area contributed by atoms with Crippen LogP contribution in [-0.4, -0.2) is 62.8 Å². The molecule has 2 heterocycles. The Balaban J connectivity index is 0.00000312. The normalized spacial score (nSPS) is 28.5. The van der Waals surface area contributed by atoms with E-state index in [1.165, 1.54) is 32.2 Å². The number of guanidine groups is 1. The Bertz CT molecular complexity index is 411. The van der Waals surface area contributed by atoms with Gasteiger partial charge in [0.05, 0.1) is 6.10 Å². The Morgan fingerprint density at radius 3 is 2.52 bits per heavy atom. The second kappa shape index (κ2) is 10.9. The van der Waals surface area contributed by atoms with E-state index in [0.717, 1.165) is 32.2 Å². The number of nitrogens with one attached hydrogen (secondary N) is 2. The van der Waals surface area contributed by atoms with Gasteiger partial charge in [0.15, 0.2) is 5.96 Å². The topological polar surface area (TPSA) is 48.9 Å². The lowest BCUT2D eigenvalue weighted by molar-refractivity contribution is -0.0835. The van der Waals surface area contributed by atoms with Gasteiger partial charge in [-0.1, -0.05) is 27.7 Å². The van der Waals surface area contributed by atoms with Gasteiger partial charge in [-0.3, -0.25) is 9.89 Å². The van der Waals surface area contributed by atoms with Crippen molar-refractivity contribution in [1.29, 1.82) is 0 Å². The summed E-state index contributed by atoms with van der Waals surface area (Å²) in [6, 6.07) is 0.647. The van der Waals surface area contributed by atoms with Gasteiger partial charge >= 0.3 is 0 Å². The quantitative estimate of drug-likeness (QED) is 0.372. The Morgan fingerprint density at radius 1 is 1.16 bits per heavy atom. The van der Waals surface area contributed by atoms with Crippen molar-refractivity contribution in [2.24, 2.45) is 16.3 Å². The largest absolute Gasteiger partial charge is 0.377 e. The van der Waals surface area contributed by atoms with Crippen molar-refractivity contribution in [3.8, 4) is 0 Å². The maximum atomic E-state index is 6.08. The highest BCUT2D eigenvalue weighted by atomic mass is 127. The van der Waals surface area contributed by atoms with Crippen LogP contribution < -0.4 is 10.6 Å². The molecule has 3 atom stereocenters. The van der Waals surface area contributed by atoms with Crippen LogP contribution in [0.4, 0.5) is 0 Å². The number of aliphatic imine (C=N–C) groups is 1. The number of hydrogen-bond donors (Lipinski definition) is 2. The number of hydrogen-bond acceptors (Lipinski definition) is 3. The van der Waals surface area contributed by atoms with Gasteiger partial charge in [-0.15, -0.1) is 24.0 Å². The van der Waals surface area contributed by atoms with Crippen molar-refractivity contribution in [2.75, 3.05) is 39.8 Å². The summed E-state index contributed by atoms with van der Waals surface area (Å²) in [5.41, 5.74) is 0.190. The van der Waals surface area contributed by atoms with Crippen LogP contribution in [0.5, 0.6) is 0 Å². The monoisotopic (exact) mass is 466 g/mol. The van der Waals surface area contributed by atoms with Crippen LogP contribution in [0.3, 0.4) is 0 Å². The van der Waals surface area contributed by atoms with Crippen LogP contribution in [0.25, 0.3) is 0 Å². The third-order valence-electron chi connectivity index (χ3n) is 5.46. The molecule has 0 aromatic rings. The summed E-state index contributed by atoms with van der Waals surface area (Å²) < 4.78 is 6.08. The first-order valence-electron chi connectivity index (χ1n) is 9.76. The zero-order chi connectivity index (χ0) is 17.6.